The molecule has 144 valence electrons. The Morgan fingerprint density at radius 1 is 1.14 bits per heavy atom. The fourth-order valence-electron chi connectivity index (χ4n) is 2.82. The third-order valence-corrected chi connectivity index (χ3v) is 5.65. The van der Waals surface area contributed by atoms with Crippen molar-refractivity contribution in [3.8, 4) is 17.4 Å². The summed E-state index contributed by atoms with van der Waals surface area (Å²) < 4.78 is 51.6. The van der Waals surface area contributed by atoms with Crippen LogP contribution in [0.25, 0.3) is 0 Å². The number of halogens is 1. The molecule has 0 unspecified atom stereocenters. The Morgan fingerprint density at radius 3 is 2.82 bits per heavy atom. The van der Waals surface area contributed by atoms with E-state index < -0.39 is 15.8 Å². The van der Waals surface area contributed by atoms with E-state index in [0.717, 1.165) is 11.3 Å². The molecule has 3 aromatic rings. The number of aromatic nitrogens is 1. The summed E-state index contributed by atoms with van der Waals surface area (Å²) in [7, 11) is -3.65. The van der Waals surface area contributed by atoms with Gasteiger partial charge < -0.3 is 9.47 Å². The topological polar surface area (TPSA) is 77.5 Å². The molecule has 2 heterocycles. The third kappa shape index (κ3) is 4.13. The molecule has 0 aliphatic carbocycles. The Labute approximate surface area is 162 Å². The molecular formula is C20H17FN2O4S. The van der Waals surface area contributed by atoms with Gasteiger partial charge in [-0.2, -0.15) is 0 Å². The van der Waals surface area contributed by atoms with E-state index in [9.17, 15) is 12.8 Å². The SMILES string of the molecule is O=S(=O)(NCc1ccc(Oc2cccc(F)c2)nc1)c1ccc2c(c1)CCO2. The smallest absolute Gasteiger partial charge is 0.240 e. The molecule has 28 heavy (non-hydrogen) atoms. The monoisotopic (exact) mass is 400 g/mol. The molecule has 0 radical (unpaired) electrons. The number of sulfonamides is 1. The standard InChI is InChI=1S/C20H17FN2O4S/c21-16-2-1-3-17(11-16)27-20-7-4-14(12-22-20)13-23-28(24,25)18-5-6-19-15(10-18)8-9-26-19/h1-7,10-12,23H,8-9,13H2. The predicted octanol–water partition coefficient (Wildman–Crippen LogP) is 3.43. The van der Waals surface area contributed by atoms with E-state index in [0.29, 0.717) is 24.3 Å². The molecular weight excluding hydrogens is 383 g/mol. The first-order valence-corrected chi connectivity index (χ1v) is 10.1. The van der Waals surface area contributed by atoms with E-state index in [2.05, 4.69) is 9.71 Å². The van der Waals surface area contributed by atoms with Gasteiger partial charge in [-0.15, -0.1) is 0 Å². The van der Waals surface area contributed by atoms with Crippen LogP contribution in [-0.4, -0.2) is 20.0 Å². The molecule has 6 nitrogen and oxygen atoms in total. The Morgan fingerprint density at radius 2 is 2.04 bits per heavy atom. The first-order valence-electron chi connectivity index (χ1n) is 8.63. The molecule has 0 fully saturated rings. The molecule has 1 N–H and O–H groups in total. The molecule has 0 spiro atoms. The van der Waals surface area contributed by atoms with Crippen LogP contribution in [0.5, 0.6) is 17.4 Å². The molecule has 8 heteroatoms. The van der Waals surface area contributed by atoms with E-state index in [4.69, 9.17) is 9.47 Å². The molecule has 0 saturated carbocycles. The summed E-state index contributed by atoms with van der Waals surface area (Å²) in [6, 6.07) is 13.9. The summed E-state index contributed by atoms with van der Waals surface area (Å²) in [5.74, 6) is 0.955. The zero-order valence-electron chi connectivity index (χ0n) is 14.8. The molecule has 1 aliphatic heterocycles. The minimum atomic E-state index is -3.65. The summed E-state index contributed by atoms with van der Waals surface area (Å²) >= 11 is 0. The van der Waals surface area contributed by atoms with Gasteiger partial charge in [-0.05, 0) is 41.5 Å². The highest BCUT2D eigenvalue weighted by Crippen LogP contribution is 2.27. The van der Waals surface area contributed by atoms with Crippen molar-refractivity contribution in [2.75, 3.05) is 6.61 Å². The van der Waals surface area contributed by atoms with Crippen LogP contribution in [0.3, 0.4) is 0 Å². The summed E-state index contributed by atoms with van der Waals surface area (Å²) in [6.07, 6.45) is 2.21. The lowest BCUT2D eigenvalue weighted by Crippen LogP contribution is -2.23. The van der Waals surface area contributed by atoms with Crippen LogP contribution >= 0.6 is 0 Å². The van der Waals surface area contributed by atoms with E-state index in [-0.39, 0.29) is 17.3 Å². The van der Waals surface area contributed by atoms with Crippen molar-refractivity contribution in [1.29, 1.82) is 0 Å². The number of hydrogen-bond acceptors (Lipinski definition) is 5. The zero-order chi connectivity index (χ0) is 19.6. The van der Waals surface area contributed by atoms with Gasteiger partial charge in [-0.3, -0.25) is 0 Å². The molecule has 0 amide bonds. The van der Waals surface area contributed by atoms with Crippen molar-refractivity contribution in [1.82, 2.24) is 9.71 Å². The molecule has 4 rings (SSSR count). The molecule has 0 saturated heterocycles. The summed E-state index contributed by atoms with van der Waals surface area (Å²) in [6.45, 7) is 0.658. The maximum absolute atomic E-state index is 13.2. The summed E-state index contributed by atoms with van der Waals surface area (Å²) in [5.41, 5.74) is 1.56. The van der Waals surface area contributed by atoms with Crippen LogP contribution in [-0.2, 0) is 23.0 Å². The third-order valence-electron chi connectivity index (χ3n) is 4.25. The average Bonchev–Trinajstić information content (AvgIpc) is 3.15. The Hall–Kier alpha value is -2.97. The van der Waals surface area contributed by atoms with Gasteiger partial charge in [0, 0.05) is 31.3 Å². The number of ether oxygens (including phenoxy) is 2. The van der Waals surface area contributed by atoms with E-state index >= 15 is 0 Å². The Bertz CT molecular complexity index is 1100. The van der Waals surface area contributed by atoms with Crippen molar-refractivity contribution in [2.45, 2.75) is 17.9 Å². The predicted molar refractivity (Wildman–Crippen MR) is 100 cm³/mol. The number of benzene rings is 2. The largest absolute Gasteiger partial charge is 0.493 e. The zero-order valence-corrected chi connectivity index (χ0v) is 15.6. The number of hydrogen-bond donors (Lipinski definition) is 1. The van der Waals surface area contributed by atoms with Crippen molar-refractivity contribution in [3.63, 3.8) is 0 Å². The fourth-order valence-corrected chi connectivity index (χ4v) is 3.89. The van der Waals surface area contributed by atoms with Gasteiger partial charge in [0.2, 0.25) is 15.9 Å². The van der Waals surface area contributed by atoms with Gasteiger partial charge in [0.15, 0.2) is 0 Å². The highest BCUT2D eigenvalue weighted by atomic mass is 32.2. The Kier molecular flexibility index (Phi) is 4.97. The van der Waals surface area contributed by atoms with Crippen LogP contribution < -0.4 is 14.2 Å². The normalized spacial score (nSPS) is 13.0. The number of fused-ring (bicyclic) bond motifs is 1. The second-order valence-corrected chi connectivity index (χ2v) is 8.02. The second-order valence-electron chi connectivity index (χ2n) is 6.26. The molecule has 2 aromatic carbocycles. The van der Waals surface area contributed by atoms with Crippen LogP contribution in [0.2, 0.25) is 0 Å². The lowest BCUT2D eigenvalue weighted by atomic mass is 10.2. The van der Waals surface area contributed by atoms with Crippen LogP contribution in [0.1, 0.15) is 11.1 Å². The fraction of sp³-hybridized carbons (Fsp3) is 0.150. The summed E-state index contributed by atoms with van der Waals surface area (Å²) in [5, 5.41) is 0. The number of pyridine rings is 1. The average molecular weight is 400 g/mol. The maximum Gasteiger partial charge on any atom is 0.240 e. The minimum Gasteiger partial charge on any atom is -0.493 e. The first-order chi connectivity index (χ1) is 13.5. The van der Waals surface area contributed by atoms with Crippen molar-refractivity contribution in [3.05, 3.63) is 77.7 Å². The molecule has 1 aliphatic rings. The maximum atomic E-state index is 13.2. The quantitative estimate of drug-likeness (QED) is 0.686. The van der Waals surface area contributed by atoms with Gasteiger partial charge in [0.1, 0.15) is 17.3 Å². The highest BCUT2D eigenvalue weighted by molar-refractivity contribution is 7.89. The van der Waals surface area contributed by atoms with Crippen molar-refractivity contribution < 1.29 is 22.3 Å². The van der Waals surface area contributed by atoms with Gasteiger partial charge in [-0.25, -0.2) is 22.5 Å². The van der Waals surface area contributed by atoms with Crippen LogP contribution in [0, 0.1) is 5.82 Å². The van der Waals surface area contributed by atoms with Gasteiger partial charge in [0.05, 0.1) is 11.5 Å². The number of nitrogens with zero attached hydrogens (tertiary/aromatic N) is 1. The van der Waals surface area contributed by atoms with Gasteiger partial charge in [-0.1, -0.05) is 12.1 Å². The summed E-state index contributed by atoms with van der Waals surface area (Å²) in [4.78, 5) is 4.33. The van der Waals surface area contributed by atoms with E-state index in [1.54, 1.807) is 36.4 Å². The van der Waals surface area contributed by atoms with E-state index in [1.165, 1.54) is 24.4 Å². The molecule has 0 bridgehead atoms. The highest BCUT2D eigenvalue weighted by Gasteiger charge is 2.19. The first kappa shape index (κ1) is 18.4. The van der Waals surface area contributed by atoms with Crippen LogP contribution in [0.4, 0.5) is 4.39 Å². The van der Waals surface area contributed by atoms with Crippen LogP contribution in [0.15, 0.2) is 65.7 Å². The van der Waals surface area contributed by atoms with Gasteiger partial charge >= 0.3 is 0 Å². The number of nitrogens with one attached hydrogen (secondary N) is 1. The van der Waals surface area contributed by atoms with E-state index in [1.807, 2.05) is 0 Å². The lowest BCUT2D eigenvalue weighted by Gasteiger charge is -2.09. The van der Waals surface area contributed by atoms with Crippen molar-refractivity contribution >= 4 is 10.0 Å². The number of rotatable bonds is 6. The lowest BCUT2D eigenvalue weighted by molar-refractivity contribution is 0.356. The second kappa shape index (κ2) is 7.57. The molecule has 0 atom stereocenters. The minimum absolute atomic E-state index is 0.0865. The van der Waals surface area contributed by atoms with Gasteiger partial charge in [0.25, 0.3) is 0 Å². The van der Waals surface area contributed by atoms with Crippen molar-refractivity contribution in [2.24, 2.45) is 0 Å². The Balaban J connectivity index is 1.40. The molecule has 1 aromatic heterocycles.